The van der Waals surface area contributed by atoms with Gasteiger partial charge in [-0.3, -0.25) is 4.98 Å². The van der Waals surface area contributed by atoms with Crippen molar-refractivity contribution >= 4 is 5.71 Å². The zero-order valence-corrected chi connectivity index (χ0v) is 11.8. The molecule has 1 atom stereocenters. The molecule has 0 aliphatic carbocycles. The van der Waals surface area contributed by atoms with Gasteiger partial charge in [0.15, 0.2) is 0 Å². The number of hydrogen-bond donors (Lipinski definition) is 0. The second-order valence-electron chi connectivity index (χ2n) is 5.26. The average Bonchev–Trinajstić information content (AvgIpc) is 2.92. The van der Waals surface area contributed by atoms with E-state index in [0.29, 0.717) is 0 Å². The molecule has 104 valence electrons. The van der Waals surface area contributed by atoms with E-state index >= 15 is 0 Å². The summed E-state index contributed by atoms with van der Waals surface area (Å²) in [6.45, 7) is 2.25. The molecule has 0 aromatic carbocycles. The zero-order valence-electron chi connectivity index (χ0n) is 11.8. The topological polar surface area (TPSA) is 34.5 Å². The molecule has 0 bridgehead atoms. The highest BCUT2D eigenvalue weighted by molar-refractivity contribution is 6.01. The lowest BCUT2D eigenvalue weighted by molar-refractivity contribution is 0.0770. The van der Waals surface area contributed by atoms with Crippen molar-refractivity contribution < 1.29 is 4.84 Å². The van der Waals surface area contributed by atoms with Crippen molar-refractivity contribution in [3.05, 3.63) is 30.1 Å². The van der Waals surface area contributed by atoms with Crippen LogP contribution >= 0.6 is 0 Å². The largest absolute Gasteiger partial charge is 0.392 e. The summed E-state index contributed by atoms with van der Waals surface area (Å²) < 4.78 is 0. The quantitative estimate of drug-likeness (QED) is 0.652. The standard InChI is InChI=1S/C16H24N2O/c1-2-3-4-5-6-7-8-15-13-16(18-19-15)14-9-11-17-12-10-14/h9-12,15H,2-8,13H2,1H3. The molecule has 1 aromatic rings. The first kappa shape index (κ1) is 14.0. The highest BCUT2D eigenvalue weighted by Crippen LogP contribution is 2.21. The van der Waals surface area contributed by atoms with E-state index < -0.39 is 0 Å². The van der Waals surface area contributed by atoms with Crippen LogP contribution in [0.1, 0.15) is 63.9 Å². The molecule has 0 fully saturated rings. The number of aromatic nitrogens is 1. The predicted molar refractivity (Wildman–Crippen MR) is 78.3 cm³/mol. The fraction of sp³-hybridized carbons (Fsp3) is 0.625. The Kier molecular flexibility index (Phi) is 5.86. The summed E-state index contributed by atoms with van der Waals surface area (Å²) in [7, 11) is 0. The first-order valence-corrected chi connectivity index (χ1v) is 7.53. The van der Waals surface area contributed by atoms with E-state index in [1.54, 1.807) is 12.4 Å². The van der Waals surface area contributed by atoms with E-state index in [4.69, 9.17) is 4.84 Å². The number of hydrogen-bond acceptors (Lipinski definition) is 3. The Morgan fingerprint density at radius 3 is 2.63 bits per heavy atom. The number of nitrogens with zero attached hydrogens (tertiary/aromatic N) is 2. The van der Waals surface area contributed by atoms with Crippen molar-refractivity contribution in [2.45, 2.75) is 64.4 Å². The molecular weight excluding hydrogens is 236 g/mol. The van der Waals surface area contributed by atoms with Crippen LogP contribution in [0.5, 0.6) is 0 Å². The summed E-state index contributed by atoms with van der Waals surface area (Å²) in [5.74, 6) is 0. The fourth-order valence-corrected chi connectivity index (χ4v) is 2.45. The van der Waals surface area contributed by atoms with Gasteiger partial charge in [-0.1, -0.05) is 44.2 Å². The Labute approximate surface area is 116 Å². The van der Waals surface area contributed by atoms with Gasteiger partial charge < -0.3 is 4.84 Å². The van der Waals surface area contributed by atoms with Crippen molar-refractivity contribution in [2.24, 2.45) is 5.16 Å². The lowest BCUT2D eigenvalue weighted by atomic mass is 10.0. The normalized spacial score (nSPS) is 18.2. The van der Waals surface area contributed by atoms with Gasteiger partial charge >= 0.3 is 0 Å². The smallest absolute Gasteiger partial charge is 0.133 e. The minimum Gasteiger partial charge on any atom is -0.392 e. The Bertz CT molecular complexity index is 389. The van der Waals surface area contributed by atoms with Crippen LogP contribution in [0.3, 0.4) is 0 Å². The van der Waals surface area contributed by atoms with Crippen LogP contribution < -0.4 is 0 Å². The van der Waals surface area contributed by atoms with Gasteiger partial charge in [-0.05, 0) is 25.0 Å². The Morgan fingerprint density at radius 2 is 1.84 bits per heavy atom. The third-order valence-electron chi connectivity index (χ3n) is 3.63. The SMILES string of the molecule is CCCCCCCCC1CC(c2ccncc2)=NO1. The molecule has 0 N–H and O–H groups in total. The zero-order chi connectivity index (χ0) is 13.3. The molecule has 1 unspecified atom stereocenters. The summed E-state index contributed by atoms with van der Waals surface area (Å²) in [6, 6.07) is 3.99. The molecule has 19 heavy (non-hydrogen) atoms. The predicted octanol–water partition coefficient (Wildman–Crippen LogP) is 4.33. The second kappa shape index (κ2) is 7.93. The van der Waals surface area contributed by atoms with Gasteiger partial charge in [0.1, 0.15) is 6.10 Å². The highest BCUT2D eigenvalue weighted by Gasteiger charge is 2.21. The molecule has 1 aromatic heterocycles. The van der Waals surface area contributed by atoms with Crippen molar-refractivity contribution in [1.29, 1.82) is 0 Å². The van der Waals surface area contributed by atoms with Gasteiger partial charge in [-0.25, -0.2) is 0 Å². The summed E-state index contributed by atoms with van der Waals surface area (Å²) in [4.78, 5) is 9.54. The fourth-order valence-electron chi connectivity index (χ4n) is 2.45. The van der Waals surface area contributed by atoms with Crippen molar-refractivity contribution in [3.63, 3.8) is 0 Å². The number of unbranched alkanes of at least 4 members (excludes halogenated alkanes) is 5. The van der Waals surface area contributed by atoms with E-state index in [9.17, 15) is 0 Å². The van der Waals surface area contributed by atoms with Crippen LogP contribution in [0.2, 0.25) is 0 Å². The first-order chi connectivity index (χ1) is 9.40. The molecule has 1 aliphatic heterocycles. The Hall–Kier alpha value is -1.38. The van der Waals surface area contributed by atoms with E-state index in [0.717, 1.165) is 24.1 Å². The van der Waals surface area contributed by atoms with Gasteiger partial charge in [0.25, 0.3) is 0 Å². The molecule has 2 heterocycles. The Morgan fingerprint density at radius 1 is 1.11 bits per heavy atom. The number of oxime groups is 1. The van der Waals surface area contributed by atoms with Crippen LogP contribution in [0.15, 0.2) is 29.7 Å². The van der Waals surface area contributed by atoms with E-state index in [1.165, 1.54) is 38.5 Å². The van der Waals surface area contributed by atoms with Gasteiger partial charge in [-0.15, -0.1) is 0 Å². The first-order valence-electron chi connectivity index (χ1n) is 7.53. The molecule has 0 saturated carbocycles. The number of rotatable bonds is 8. The lowest BCUT2D eigenvalue weighted by Crippen LogP contribution is -2.08. The van der Waals surface area contributed by atoms with Crippen LogP contribution in [-0.2, 0) is 4.84 Å². The molecule has 2 rings (SSSR count). The van der Waals surface area contributed by atoms with E-state index in [-0.39, 0.29) is 6.10 Å². The summed E-state index contributed by atoms with van der Waals surface area (Å²) >= 11 is 0. The Balaban J connectivity index is 1.62. The second-order valence-corrected chi connectivity index (χ2v) is 5.26. The summed E-state index contributed by atoms with van der Waals surface area (Å²) in [5, 5.41) is 4.20. The molecule has 0 amide bonds. The van der Waals surface area contributed by atoms with Crippen molar-refractivity contribution in [1.82, 2.24) is 4.98 Å². The van der Waals surface area contributed by atoms with Crippen molar-refractivity contribution in [2.75, 3.05) is 0 Å². The lowest BCUT2D eigenvalue weighted by Gasteiger charge is -2.07. The van der Waals surface area contributed by atoms with Crippen LogP contribution in [0.4, 0.5) is 0 Å². The third-order valence-corrected chi connectivity index (χ3v) is 3.63. The average molecular weight is 260 g/mol. The molecule has 1 aliphatic rings. The van der Waals surface area contributed by atoms with E-state index in [2.05, 4.69) is 17.1 Å². The highest BCUT2D eigenvalue weighted by atomic mass is 16.6. The molecule has 3 nitrogen and oxygen atoms in total. The summed E-state index contributed by atoms with van der Waals surface area (Å²) in [5.41, 5.74) is 2.21. The molecule has 0 saturated heterocycles. The molecule has 3 heteroatoms. The molecular formula is C16H24N2O. The number of pyridine rings is 1. The minimum absolute atomic E-state index is 0.286. The molecule has 0 spiro atoms. The van der Waals surface area contributed by atoms with E-state index in [1.807, 2.05) is 12.1 Å². The van der Waals surface area contributed by atoms with Gasteiger partial charge in [0.2, 0.25) is 0 Å². The van der Waals surface area contributed by atoms with Crippen LogP contribution in [-0.4, -0.2) is 16.8 Å². The monoisotopic (exact) mass is 260 g/mol. The van der Waals surface area contributed by atoms with Gasteiger partial charge in [0, 0.05) is 24.4 Å². The van der Waals surface area contributed by atoms with Crippen LogP contribution in [0, 0.1) is 0 Å². The van der Waals surface area contributed by atoms with Crippen molar-refractivity contribution in [3.8, 4) is 0 Å². The van der Waals surface area contributed by atoms with Crippen LogP contribution in [0.25, 0.3) is 0 Å². The third kappa shape index (κ3) is 4.66. The maximum Gasteiger partial charge on any atom is 0.133 e. The summed E-state index contributed by atoms with van der Waals surface area (Å²) in [6.07, 6.45) is 14.0. The maximum atomic E-state index is 5.52. The molecule has 0 radical (unpaired) electrons. The maximum absolute atomic E-state index is 5.52. The van der Waals surface area contributed by atoms with Gasteiger partial charge in [-0.2, -0.15) is 0 Å². The minimum atomic E-state index is 0.286. The van der Waals surface area contributed by atoms with Gasteiger partial charge in [0.05, 0.1) is 5.71 Å².